The van der Waals surface area contributed by atoms with E-state index in [-0.39, 0.29) is 29.4 Å². The van der Waals surface area contributed by atoms with Gasteiger partial charge in [-0.3, -0.25) is 14.9 Å². The molecule has 6 nitrogen and oxygen atoms in total. The van der Waals surface area contributed by atoms with Crippen molar-refractivity contribution in [2.75, 3.05) is 19.6 Å². The predicted octanol–water partition coefficient (Wildman–Crippen LogP) is 1.51. The number of halogens is 1. The van der Waals surface area contributed by atoms with Crippen molar-refractivity contribution in [1.29, 1.82) is 0 Å². The molecule has 2 heterocycles. The second-order valence-corrected chi connectivity index (χ2v) is 5.01. The number of piperazine rings is 1. The van der Waals surface area contributed by atoms with Crippen molar-refractivity contribution >= 4 is 34.7 Å². The number of carbonyl (C=O) groups is 1. The highest BCUT2D eigenvalue weighted by Crippen LogP contribution is 2.25. The molecular formula is C10H14ClN3O3S. The summed E-state index contributed by atoms with van der Waals surface area (Å²) in [5, 5.41) is 13.8. The lowest BCUT2D eigenvalue weighted by Crippen LogP contribution is -2.52. The van der Waals surface area contributed by atoms with Crippen molar-refractivity contribution in [3.63, 3.8) is 0 Å². The van der Waals surface area contributed by atoms with Crippen LogP contribution in [-0.2, 0) is 0 Å². The average Bonchev–Trinajstić information content (AvgIpc) is 2.78. The molecule has 1 aromatic heterocycles. The van der Waals surface area contributed by atoms with Crippen LogP contribution in [-0.4, -0.2) is 41.4 Å². The van der Waals surface area contributed by atoms with E-state index in [2.05, 4.69) is 5.32 Å². The Labute approximate surface area is 115 Å². The van der Waals surface area contributed by atoms with E-state index in [1.165, 1.54) is 12.1 Å². The molecule has 1 aliphatic heterocycles. The molecule has 0 aliphatic carbocycles. The number of nitrogens with one attached hydrogen (secondary N) is 1. The molecule has 100 valence electrons. The molecule has 0 saturated carbocycles. The summed E-state index contributed by atoms with van der Waals surface area (Å²) in [5.74, 6) is -0.114. The van der Waals surface area contributed by atoms with Crippen LogP contribution in [0.5, 0.6) is 0 Å². The number of hydrogen-bond acceptors (Lipinski definition) is 5. The first-order chi connectivity index (χ1) is 8.09. The van der Waals surface area contributed by atoms with E-state index in [9.17, 15) is 14.9 Å². The molecule has 0 unspecified atom stereocenters. The SMILES string of the molecule is C[C@H]1CNCCN1C(=O)c1ccc([N+](=O)[O-])s1.Cl. The van der Waals surface area contributed by atoms with Gasteiger partial charge in [0.15, 0.2) is 0 Å². The van der Waals surface area contributed by atoms with Crippen molar-refractivity contribution in [2.24, 2.45) is 0 Å². The molecule has 1 aliphatic rings. The Morgan fingerprint density at radius 2 is 2.33 bits per heavy atom. The summed E-state index contributed by atoms with van der Waals surface area (Å²) < 4.78 is 0. The first-order valence-corrected chi connectivity index (χ1v) is 6.17. The minimum absolute atomic E-state index is 0. The molecule has 2 rings (SSSR count). The minimum Gasteiger partial charge on any atom is -0.333 e. The van der Waals surface area contributed by atoms with Crippen LogP contribution >= 0.6 is 23.7 Å². The Morgan fingerprint density at radius 1 is 1.61 bits per heavy atom. The maximum atomic E-state index is 12.1. The number of nitrogens with zero attached hydrogens (tertiary/aromatic N) is 2. The van der Waals surface area contributed by atoms with Crippen LogP contribution in [0.3, 0.4) is 0 Å². The van der Waals surface area contributed by atoms with Crippen LogP contribution in [0.25, 0.3) is 0 Å². The maximum absolute atomic E-state index is 12.1. The number of nitro groups is 1. The fourth-order valence-electron chi connectivity index (χ4n) is 1.83. The third-order valence-electron chi connectivity index (χ3n) is 2.74. The molecule has 1 amide bonds. The van der Waals surface area contributed by atoms with E-state index in [0.29, 0.717) is 11.4 Å². The quantitative estimate of drug-likeness (QED) is 0.662. The highest BCUT2D eigenvalue weighted by atomic mass is 35.5. The van der Waals surface area contributed by atoms with Gasteiger partial charge in [-0.2, -0.15) is 0 Å². The highest BCUT2D eigenvalue weighted by Gasteiger charge is 2.26. The van der Waals surface area contributed by atoms with Gasteiger partial charge in [-0.05, 0) is 13.0 Å². The largest absolute Gasteiger partial charge is 0.333 e. The van der Waals surface area contributed by atoms with Gasteiger partial charge in [0.25, 0.3) is 5.91 Å². The molecule has 1 fully saturated rings. The molecule has 0 aromatic carbocycles. The number of hydrogen-bond donors (Lipinski definition) is 1. The normalized spacial score (nSPS) is 19.2. The van der Waals surface area contributed by atoms with Gasteiger partial charge in [0, 0.05) is 31.7 Å². The molecule has 0 spiro atoms. The Hall–Kier alpha value is -1.18. The topological polar surface area (TPSA) is 75.5 Å². The van der Waals surface area contributed by atoms with Gasteiger partial charge < -0.3 is 10.2 Å². The molecule has 1 aromatic rings. The zero-order valence-electron chi connectivity index (χ0n) is 9.79. The van der Waals surface area contributed by atoms with Gasteiger partial charge in [-0.1, -0.05) is 11.3 Å². The summed E-state index contributed by atoms with van der Waals surface area (Å²) in [6.07, 6.45) is 0. The average molecular weight is 292 g/mol. The second kappa shape index (κ2) is 6.12. The summed E-state index contributed by atoms with van der Waals surface area (Å²) in [6.45, 7) is 4.14. The highest BCUT2D eigenvalue weighted by molar-refractivity contribution is 7.17. The summed E-state index contributed by atoms with van der Waals surface area (Å²) >= 11 is 0.934. The summed E-state index contributed by atoms with van der Waals surface area (Å²) in [4.78, 5) is 24.4. The Morgan fingerprint density at radius 3 is 2.89 bits per heavy atom. The molecule has 1 N–H and O–H groups in total. The van der Waals surface area contributed by atoms with Gasteiger partial charge in [0.05, 0.1) is 9.80 Å². The van der Waals surface area contributed by atoms with Crippen molar-refractivity contribution in [3.8, 4) is 0 Å². The minimum atomic E-state index is -0.470. The summed E-state index contributed by atoms with van der Waals surface area (Å²) in [6, 6.07) is 3.03. The lowest BCUT2D eigenvalue weighted by Gasteiger charge is -2.33. The van der Waals surface area contributed by atoms with Crippen LogP contribution in [0.4, 0.5) is 5.00 Å². The number of amides is 1. The lowest BCUT2D eigenvalue weighted by atomic mass is 10.2. The second-order valence-electron chi connectivity index (χ2n) is 3.95. The first kappa shape index (κ1) is 14.9. The van der Waals surface area contributed by atoms with Crippen molar-refractivity contribution < 1.29 is 9.72 Å². The van der Waals surface area contributed by atoms with E-state index in [1.54, 1.807) is 4.90 Å². The number of rotatable bonds is 2. The van der Waals surface area contributed by atoms with Gasteiger partial charge in [0.2, 0.25) is 0 Å². The van der Waals surface area contributed by atoms with Crippen LogP contribution in [0, 0.1) is 10.1 Å². The van der Waals surface area contributed by atoms with E-state index < -0.39 is 4.92 Å². The zero-order valence-corrected chi connectivity index (χ0v) is 11.4. The molecule has 1 saturated heterocycles. The van der Waals surface area contributed by atoms with Crippen LogP contribution in [0.1, 0.15) is 16.6 Å². The molecule has 0 bridgehead atoms. The summed E-state index contributed by atoms with van der Waals surface area (Å²) in [7, 11) is 0. The molecule has 0 radical (unpaired) electrons. The van der Waals surface area contributed by atoms with E-state index in [4.69, 9.17) is 0 Å². The Bertz CT molecular complexity index is 451. The molecule has 18 heavy (non-hydrogen) atoms. The van der Waals surface area contributed by atoms with Crippen molar-refractivity contribution in [1.82, 2.24) is 10.2 Å². The van der Waals surface area contributed by atoms with Crippen molar-refractivity contribution in [3.05, 3.63) is 27.1 Å². The predicted molar refractivity (Wildman–Crippen MR) is 71.6 cm³/mol. The Kier molecular flexibility index (Phi) is 5.06. The van der Waals surface area contributed by atoms with Gasteiger partial charge in [-0.25, -0.2) is 0 Å². The van der Waals surface area contributed by atoms with Crippen LogP contribution in [0.2, 0.25) is 0 Å². The zero-order chi connectivity index (χ0) is 12.4. The summed E-state index contributed by atoms with van der Waals surface area (Å²) in [5.41, 5.74) is 0. The van der Waals surface area contributed by atoms with E-state index >= 15 is 0 Å². The number of thiophene rings is 1. The van der Waals surface area contributed by atoms with Gasteiger partial charge in [0.1, 0.15) is 0 Å². The van der Waals surface area contributed by atoms with Crippen LogP contribution in [0.15, 0.2) is 12.1 Å². The Balaban J connectivity index is 0.00000162. The monoisotopic (exact) mass is 291 g/mol. The van der Waals surface area contributed by atoms with E-state index in [1.807, 2.05) is 6.92 Å². The third-order valence-corrected chi connectivity index (χ3v) is 3.77. The maximum Gasteiger partial charge on any atom is 0.324 e. The van der Waals surface area contributed by atoms with Crippen molar-refractivity contribution in [2.45, 2.75) is 13.0 Å². The lowest BCUT2D eigenvalue weighted by molar-refractivity contribution is -0.380. The smallest absolute Gasteiger partial charge is 0.324 e. The fourth-order valence-corrected chi connectivity index (χ4v) is 2.60. The fraction of sp³-hybridized carbons (Fsp3) is 0.500. The van der Waals surface area contributed by atoms with Gasteiger partial charge in [-0.15, -0.1) is 12.4 Å². The standard InChI is InChI=1S/C10H13N3O3S.ClH/c1-7-6-11-4-5-12(7)10(14)8-2-3-9(17-8)13(15)16;/h2-3,7,11H,4-6H2,1H3;1H/t7-;/m0./s1. The van der Waals surface area contributed by atoms with Crippen LogP contribution < -0.4 is 5.32 Å². The third kappa shape index (κ3) is 2.98. The van der Waals surface area contributed by atoms with Gasteiger partial charge >= 0.3 is 5.00 Å². The van der Waals surface area contributed by atoms with E-state index in [0.717, 1.165) is 24.4 Å². The molecular weight excluding hydrogens is 278 g/mol. The molecule has 8 heteroatoms. The molecule has 1 atom stereocenters. The number of carbonyl (C=O) groups excluding carboxylic acids is 1. The first-order valence-electron chi connectivity index (χ1n) is 5.35.